The third-order valence-electron chi connectivity index (χ3n) is 5.72. The summed E-state index contributed by atoms with van der Waals surface area (Å²) in [5.41, 5.74) is 1.31. The van der Waals surface area contributed by atoms with Crippen LogP contribution in [0.5, 0.6) is 5.75 Å². The number of hydrogen-bond donors (Lipinski definition) is 1. The fraction of sp³-hybridized carbons (Fsp3) is 0.409. The number of fused-ring (bicyclic) bond motifs is 1. The van der Waals surface area contributed by atoms with Gasteiger partial charge in [-0.25, -0.2) is 0 Å². The molecule has 2 aromatic rings. The van der Waals surface area contributed by atoms with Gasteiger partial charge in [-0.1, -0.05) is 24.3 Å². The van der Waals surface area contributed by atoms with Crippen LogP contribution in [0, 0.1) is 0 Å². The number of nitrogens with one attached hydrogen (secondary N) is 1. The van der Waals surface area contributed by atoms with Crippen LogP contribution in [0.3, 0.4) is 0 Å². The normalized spacial score (nSPS) is 24.2. The van der Waals surface area contributed by atoms with Crippen molar-refractivity contribution in [1.29, 1.82) is 0 Å². The summed E-state index contributed by atoms with van der Waals surface area (Å²) in [6, 6.07) is 13.3. The van der Waals surface area contributed by atoms with E-state index in [0.717, 1.165) is 23.4 Å². The second-order valence-corrected chi connectivity index (χ2v) is 7.71. The number of nitrogens with zero attached hydrogens (tertiary/aromatic N) is 2. The molecule has 28 heavy (non-hydrogen) atoms. The Kier molecular flexibility index (Phi) is 5.03. The maximum Gasteiger partial charge on any atom is 0.226 e. The highest BCUT2D eigenvalue weighted by Gasteiger charge is 2.43. The number of carbonyl (C=O) groups is 2. The van der Waals surface area contributed by atoms with Crippen LogP contribution in [0.15, 0.2) is 48.7 Å². The lowest BCUT2D eigenvalue weighted by molar-refractivity contribution is -0.129. The SMILES string of the molecule is CN1CC[C@]2(CCC1=O)C[C@@H](NC(=O)Cc1ccccn1)c1ccccc1O2. The second-order valence-electron chi connectivity index (χ2n) is 7.71. The minimum atomic E-state index is -0.433. The van der Waals surface area contributed by atoms with Crippen molar-refractivity contribution in [2.45, 2.75) is 43.7 Å². The third kappa shape index (κ3) is 3.86. The van der Waals surface area contributed by atoms with Crippen molar-refractivity contribution >= 4 is 11.8 Å². The predicted octanol–water partition coefficient (Wildman–Crippen LogP) is 2.65. The van der Waals surface area contributed by atoms with E-state index >= 15 is 0 Å². The standard InChI is InChI=1S/C22H25N3O3/c1-25-13-11-22(10-9-21(25)27)15-18(17-7-2-3-8-19(17)28-22)24-20(26)14-16-6-4-5-12-23-16/h2-8,12,18H,9-11,13-15H2,1H3,(H,24,26)/t18-,22-/m1/s1. The Labute approximate surface area is 164 Å². The van der Waals surface area contributed by atoms with Gasteiger partial charge in [0.2, 0.25) is 11.8 Å². The molecule has 0 unspecified atom stereocenters. The topological polar surface area (TPSA) is 71.5 Å². The summed E-state index contributed by atoms with van der Waals surface area (Å²) < 4.78 is 6.42. The van der Waals surface area contributed by atoms with Crippen LogP contribution in [-0.4, -0.2) is 40.9 Å². The van der Waals surface area contributed by atoms with Crippen LogP contribution in [0.4, 0.5) is 0 Å². The van der Waals surface area contributed by atoms with E-state index in [-0.39, 0.29) is 24.3 Å². The molecule has 146 valence electrons. The van der Waals surface area contributed by atoms with Crippen molar-refractivity contribution in [3.05, 3.63) is 59.9 Å². The largest absolute Gasteiger partial charge is 0.487 e. The first-order chi connectivity index (χ1) is 13.5. The summed E-state index contributed by atoms with van der Waals surface area (Å²) in [4.78, 5) is 30.8. The summed E-state index contributed by atoms with van der Waals surface area (Å²) in [6.45, 7) is 0.662. The molecule has 1 spiro atoms. The van der Waals surface area contributed by atoms with Crippen molar-refractivity contribution in [1.82, 2.24) is 15.2 Å². The Morgan fingerprint density at radius 3 is 2.89 bits per heavy atom. The zero-order valence-electron chi connectivity index (χ0n) is 16.1. The van der Waals surface area contributed by atoms with Crippen molar-refractivity contribution in [3.63, 3.8) is 0 Å². The molecule has 1 aromatic carbocycles. The maximum absolute atomic E-state index is 12.7. The van der Waals surface area contributed by atoms with Crippen LogP contribution in [-0.2, 0) is 16.0 Å². The van der Waals surface area contributed by atoms with E-state index in [2.05, 4.69) is 10.3 Å². The molecule has 1 N–H and O–H groups in total. The quantitative estimate of drug-likeness (QED) is 0.890. The molecule has 3 heterocycles. The van der Waals surface area contributed by atoms with Crippen molar-refractivity contribution in [2.75, 3.05) is 13.6 Å². The zero-order valence-corrected chi connectivity index (χ0v) is 16.1. The molecule has 0 aliphatic carbocycles. The molecule has 2 aliphatic heterocycles. The van der Waals surface area contributed by atoms with Crippen LogP contribution < -0.4 is 10.1 Å². The van der Waals surface area contributed by atoms with Gasteiger partial charge >= 0.3 is 0 Å². The van der Waals surface area contributed by atoms with E-state index < -0.39 is 5.60 Å². The fourth-order valence-corrected chi connectivity index (χ4v) is 4.11. The van der Waals surface area contributed by atoms with Crippen molar-refractivity contribution in [2.24, 2.45) is 0 Å². The number of likely N-dealkylation sites (tertiary alicyclic amines) is 1. The fourth-order valence-electron chi connectivity index (χ4n) is 4.11. The Balaban J connectivity index is 1.55. The van der Waals surface area contributed by atoms with E-state index in [0.29, 0.717) is 25.8 Å². The minimum absolute atomic E-state index is 0.0580. The molecule has 4 rings (SSSR count). The Bertz CT molecular complexity index is 870. The highest BCUT2D eigenvalue weighted by Crippen LogP contribution is 2.44. The molecule has 6 nitrogen and oxygen atoms in total. The lowest BCUT2D eigenvalue weighted by Crippen LogP contribution is -2.46. The third-order valence-corrected chi connectivity index (χ3v) is 5.72. The first kappa shape index (κ1) is 18.5. The molecule has 0 radical (unpaired) electrons. The van der Waals surface area contributed by atoms with Gasteiger partial charge in [0.1, 0.15) is 11.4 Å². The zero-order chi connectivity index (χ0) is 19.6. The number of rotatable bonds is 3. The summed E-state index contributed by atoms with van der Waals surface area (Å²) in [6.07, 6.45) is 4.49. The number of ether oxygens (including phenoxy) is 1. The summed E-state index contributed by atoms with van der Waals surface area (Å²) in [5, 5.41) is 3.18. The number of pyridine rings is 1. The Hall–Kier alpha value is -2.89. The molecule has 2 atom stereocenters. The molecule has 2 amide bonds. The van der Waals surface area contributed by atoms with Gasteiger partial charge in [0.25, 0.3) is 0 Å². The number of para-hydroxylation sites is 1. The molecule has 0 saturated carbocycles. The van der Waals surface area contributed by atoms with Gasteiger partial charge in [0.15, 0.2) is 0 Å². The first-order valence-corrected chi connectivity index (χ1v) is 9.76. The lowest BCUT2D eigenvalue weighted by atomic mass is 9.82. The highest BCUT2D eigenvalue weighted by atomic mass is 16.5. The van der Waals surface area contributed by atoms with Gasteiger partial charge < -0.3 is 15.0 Å². The minimum Gasteiger partial charge on any atom is -0.487 e. The van der Waals surface area contributed by atoms with E-state index in [1.54, 1.807) is 11.1 Å². The number of hydrogen-bond acceptors (Lipinski definition) is 4. The Morgan fingerprint density at radius 2 is 2.07 bits per heavy atom. The van der Waals surface area contributed by atoms with Gasteiger partial charge in [0.05, 0.1) is 12.5 Å². The summed E-state index contributed by atoms with van der Waals surface area (Å²) in [5.74, 6) is 0.890. The maximum atomic E-state index is 12.7. The van der Waals surface area contributed by atoms with E-state index in [1.165, 1.54) is 0 Å². The second kappa shape index (κ2) is 7.62. The monoisotopic (exact) mass is 379 g/mol. The summed E-state index contributed by atoms with van der Waals surface area (Å²) in [7, 11) is 1.84. The van der Waals surface area contributed by atoms with E-state index in [4.69, 9.17) is 4.74 Å². The smallest absolute Gasteiger partial charge is 0.226 e. The van der Waals surface area contributed by atoms with E-state index in [1.807, 2.05) is 49.5 Å². The number of benzene rings is 1. The average Bonchev–Trinajstić information content (AvgIpc) is 2.83. The van der Waals surface area contributed by atoms with Crippen LogP contribution in [0.25, 0.3) is 0 Å². The summed E-state index contributed by atoms with van der Waals surface area (Å²) >= 11 is 0. The van der Waals surface area contributed by atoms with Crippen LogP contribution in [0.2, 0.25) is 0 Å². The highest BCUT2D eigenvalue weighted by molar-refractivity contribution is 5.79. The molecule has 6 heteroatoms. The molecule has 2 aliphatic rings. The lowest BCUT2D eigenvalue weighted by Gasteiger charge is -2.42. The molecule has 1 aromatic heterocycles. The van der Waals surface area contributed by atoms with Gasteiger partial charge in [-0.15, -0.1) is 0 Å². The molecular weight excluding hydrogens is 354 g/mol. The van der Waals surface area contributed by atoms with E-state index in [9.17, 15) is 9.59 Å². The Morgan fingerprint density at radius 1 is 1.25 bits per heavy atom. The number of amides is 2. The molecule has 0 bridgehead atoms. The molecular formula is C22H25N3O3. The van der Waals surface area contributed by atoms with Crippen LogP contribution in [0.1, 0.15) is 43.0 Å². The average molecular weight is 379 g/mol. The van der Waals surface area contributed by atoms with Crippen molar-refractivity contribution in [3.8, 4) is 5.75 Å². The van der Waals surface area contributed by atoms with Crippen molar-refractivity contribution < 1.29 is 14.3 Å². The molecule has 1 saturated heterocycles. The molecule has 1 fully saturated rings. The predicted molar refractivity (Wildman–Crippen MR) is 105 cm³/mol. The van der Waals surface area contributed by atoms with Gasteiger partial charge in [-0.05, 0) is 24.6 Å². The van der Waals surface area contributed by atoms with Gasteiger partial charge in [0, 0.05) is 50.3 Å². The van der Waals surface area contributed by atoms with Gasteiger partial charge in [-0.2, -0.15) is 0 Å². The van der Waals surface area contributed by atoms with Crippen LogP contribution >= 0.6 is 0 Å². The first-order valence-electron chi connectivity index (χ1n) is 9.76. The number of carbonyl (C=O) groups excluding carboxylic acids is 2. The van der Waals surface area contributed by atoms with Gasteiger partial charge in [-0.3, -0.25) is 14.6 Å². The number of aromatic nitrogens is 1.